The second-order valence-electron chi connectivity index (χ2n) is 5.15. The average Bonchev–Trinajstić information content (AvgIpc) is 2.54. The fraction of sp³-hybridized carbons (Fsp3) is 0.643. The van der Waals surface area contributed by atoms with Crippen LogP contribution in [0.1, 0.15) is 25.7 Å². The van der Waals surface area contributed by atoms with Crippen molar-refractivity contribution >= 4 is 11.9 Å². The van der Waals surface area contributed by atoms with Crippen molar-refractivity contribution in [1.29, 1.82) is 0 Å². The quantitative estimate of drug-likeness (QED) is 0.846. The lowest BCUT2D eigenvalue weighted by Gasteiger charge is -2.29. The van der Waals surface area contributed by atoms with Crippen LogP contribution in [0.2, 0.25) is 0 Å². The van der Waals surface area contributed by atoms with Gasteiger partial charge in [0.15, 0.2) is 0 Å². The van der Waals surface area contributed by atoms with E-state index in [4.69, 9.17) is 15.2 Å². The van der Waals surface area contributed by atoms with E-state index >= 15 is 0 Å². The summed E-state index contributed by atoms with van der Waals surface area (Å²) in [5.41, 5.74) is 5.76. The predicted octanol–water partition coefficient (Wildman–Crippen LogP) is 1.20. The molecule has 21 heavy (non-hydrogen) atoms. The van der Waals surface area contributed by atoms with E-state index < -0.39 is 0 Å². The van der Waals surface area contributed by atoms with Crippen molar-refractivity contribution in [3.05, 3.63) is 6.07 Å². The largest absolute Gasteiger partial charge is 0.481 e. The summed E-state index contributed by atoms with van der Waals surface area (Å²) >= 11 is 0. The molecule has 2 atom stereocenters. The van der Waals surface area contributed by atoms with Crippen LogP contribution in [0, 0.1) is 11.8 Å². The number of nitrogens with two attached hydrogens (primary N) is 1. The van der Waals surface area contributed by atoms with E-state index in [1.165, 1.54) is 14.2 Å². The molecule has 1 aromatic heterocycles. The monoisotopic (exact) mass is 294 g/mol. The van der Waals surface area contributed by atoms with Gasteiger partial charge in [-0.15, -0.1) is 0 Å². The first-order valence-electron chi connectivity index (χ1n) is 7.16. The highest BCUT2D eigenvalue weighted by molar-refractivity contribution is 5.91. The Morgan fingerprint density at radius 1 is 1.29 bits per heavy atom. The molecule has 1 aliphatic rings. The lowest BCUT2D eigenvalue weighted by Crippen LogP contribution is -2.36. The number of carbonyl (C=O) groups excluding carboxylic acids is 1. The fourth-order valence-corrected chi connectivity index (χ4v) is 2.71. The SMILES string of the molecule is COc1cc(OC)nc(NC(=O)C2CCCCC2CN)n1. The molecule has 0 spiro atoms. The highest BCUT2D eigenvalue weighted by atomic mass is 16.5. The third kappa shape index (κ3) is 3.81. The van der Waals surface area contributed by atoms with Gasteiger partial charge in [-0.05, 0) is 25.3 Å². The molecule has 0 saturated heterocycles. The molecule has 0 radical (unpaired) electrons. The van der Waals surface area contributed by atoms with Crippen LogP contribution < -0.4 is 20.5 Å². The smallest absolute Gasteiger partial charge is 0.236 e. The van der Waals surface area contributed by atoms with Crippen molar-refractivity contribution in [2.45, 2.75) is 25.7 Å². The minimum atomic E-state index is -0.0829. The molecule has 2 unspecified atom stereocenters. The molecule has 2 rings (SSSR count). The Morgan fingerprint density at radius 2 is 1.90 bits per heavy atom. The van der Waals surface area contributed by atoms with Gasteiger partial charge in [-0.25, -0.2) is 0 Å². The zero-order chi connectivity index (χ0) is 15.2. The Kier molecular flexibility index (Phi) is 5.32. The number of aromatic nitrogens is 2. The number of nitrogens with zero attached hydrogens (tertiary/aromatic N) is 2. The Labute approximate surface area is 124 Å². The van der Waals surface area contributed by atoms with Crippen LogP contribution in [0.15, 0.2) is 6.07 Å². The molecule has 0 aliphatic heterocycles. The normalized spacial score (nSPS) is 21.7. The van der Waals surface area contributed by atoms with Gasteiger partial charge in [0.1, 0.15) is 0 Å². The first-order valence-corrected chi connectivity index (χ1v) is 7.16. The minimum Gasteiger partial charge on any atom is -0.481 e. The number of nitrogens with one attached hydrogen (secondary N) is 1. The van der Waals surface area contributed by atoms with Crippen LogP contribution >= 0.6 is 0 Å². The number of rotatable bonds is 5. The fourth-order valence-electron chi connectivity index (χ4n) is 2.71. The zero-order valence-electron chi connectivity index (χ0n) is 12.5. The number of amides is 1. The van der Waals surface area contributed by atoms with E-state index in [9.17, 15) is 4.79 Å². The van der Waals surface area contributed by atoms with Crippen molar-refractivity contribution in [3.63, 3.8) is 0 Å². The molecule has 0 aromatic carbocycles. The molecular weight excluding hydrogens is 272 g/mol. The third-order valence-corrected chi connectivity index (χ3v) is 3.88. The average molecular weight is 294 g/mol. The number of carbonyl (C=O) groups is 1. The van der Waals surface area contributed by atoms with Crippen molar-refractivity contribution in [1.82, 2.24) is 9.97 Å². The lowest BCUT2D eigenvalue weighted by atomic mass is 9.79. The number of hydrogen-bond donors (Lipinski definition) is 2. The second kappa shape index (κ2) is 7.21. The van der Waals surface area contributed by atoms with Crippen LogP contribution in [0.25, 0.3) is 0 Å². The lowest BCUT2D eigenvalue weighted by molar-refractivity contribution is -0.122. The van der Waals surface area contributed by atoms with Gasteiger partial charge in [0.2, 0.25) is 23.6 Å². The predicted molar refractivity (Wildman–Crippen MR) is 78.3 cm³/mol. The van der Waals surface area contributed by atoms with E-state index in [2.05, 4.69) is 15.3 Å². The van der Waals surface area contributed by atoms with Crippen LogP contribution in [-0.2, 0) is 4.79 Å². The van der Waals surface area contributed by atoms with Crippen molar-refractivity contribution in [2.24, 2.45) is 17.6 Å². The number of hydrogen-bond acceptors (Lipinski definition) is 6. The first-order chi connectivity index (χ1) is 10.2. The topological polar surface area (TPSA) is 99.4 Å². The molecule has 116 valence electrons. The van der Waals surface area contributed by atoms with Crippen molar-refractivity contribution in [2.75, 3.05) is 26.1 Å². The summed E-state index contributed by atoms with van der Waals surface area (Å²) in [4.78, 5) is 20.6. The third-order valence-electron chi connectivity index (χ3n) is 3.88. The van der Waals surface area contributed by atoms with Gasteiger partial charge in [0, 0.05) is 5.92 Å². The molecule has 1 aromatic rings. The van der Waals surface area contributed by atoms with Crippen LogP contribution in [-0.4, -0.2) is 36.6 Å². The minimum absolute atomic E-state index is 0.0791. The van der Waals surface area contributed by atoms with Gasteiger partial charge in [-0.3, -0.25) is 10.1 Å². The molecule has 1 fully saturated rings. The van der Waals surface area contributed by atoms with E-state index in [1.807, 2.05) is 0 Å². The molecule has 7 nitrogen and oxygen atoms in total. The number of ether oxygens (including phenoxy) is 2. The summed E-state index contributed by atoms with van der Waals surface area (Å²) in [5.74, 6) is 0.945. The zero-order valence-corrected chi connectivity index (χ0v) is 12.5. The Hall–Kier alpha value is -1.89. The van der Waals surface area contributed by atoms with Gasteiger partial charge < -0.3 is 15.2 Å². The van der Waals surface area contributed by atoms with Crippen LogP contribution in [0.4, 0.5) is 5.95 Å². The van der Waals surface area contributed by atoms with E-state index in [-0.39, 0.29) is 23.7 Å². The molecule has 0 bridgehead atoms. The summed E-state index contributed by atoms with van der Waals surface area (Å²) in [7, 11) is 3.00. The van der Waals surface area contributed by atoms with Gasteiger partial charge in [0.05, 0.1) is 20.3 Å². The van der Waals surface area contributed by atoms with Gasteiger partial charge in [0.25, 0.3) is 0 Å². The summed E-state index contributed by atoms with van der Waals surface area (Å²) < 4.78 is 10.1. The highest BCUT2D eigenvalue weighted by Crippen LogP contribution is 2.30. The van der Waals surface area contributed by atoms with Crippen LogP contribution in [0.3, 0.4) is 0 Å². The molecule has 7 heteroatoms. The maximum Gasteiger partial charge on any atom is 0.236 e. The summed E-state index contributed by atoms with van der Waals surface area (Å²) in [6.45, 7) is 0.528. The standard InChI is InChI=1S/C14H22N4O3/c1-20-11-7-12(21-2)17-14(16-11)18-13(19)10-6-4-3-5-9(10)8-15/h7,9-10H,3-6,8,15H2,1-2H3,(H,16,17,18,19). The van der Waals surface area contributed by atoms with Crippen molar-refractivity contribution in [3.8, 4) is 11.8 Å². The van der Waals surface area contributed by atoms with Crippen LogP contribution in [0.5, 0.6) is 11.8 Å². The number of anilines is 1. The molecule has 1 amide bonds. The van der Waals surface area contributed by atoms with Gasteiger partial charge in [-0.2, -0.15) is 9.97 Å². The summed E-state index contributed by atoms with van der Waals surface area (Å²) in [5, 5.41) is 2.75. The van der Waals surface area contributed by atoms with E-state index in [1.54, 1.807) is 6.07 Å². The summed E-state index contributed by atoms with van der Waals surface area (Å²) in [6, 6.07) is 1.55. The first kappa shape index (κ1) is 15.5. The van der Waals surface area contributed by atoms with E-state index in [0.29, 0.717) is 18.3 Å². The maximum atomic E-state index is 12.4. The molecule has 1 heterocycles. The molecule has 1 saturated carbocycles. The molecule has 1 aliphatic carbocycles. The van der Waals surface area contributed by atoms with E-state index in [0.717, 1.165) is 25.7 Å². The Morgan fingerprint density at radius 3 is 2.48 bits per heavy atom. The molecular formula is C14H22N4O3. The molecule has 3 N–H and O–H groups in total. The highest BCUT2D eigenvalue weighted by Gasteiger charge is 2.30. The second-order valence-corrected chi connectivity index (χ2v) is 5.15. The number of methoxy groups -OCH3 is 2. The summed E-state index contributed by atoms with van der Waals surface area (Å²) in [6.07, 6.45) is 4.04. The Balaban J connectivity index is 2.11. The van der Waals surface area contributed by atoms with Gasteiger partial charge >= 0.3 is 0 Å². The van der Waals surface area contributed by atoms with Crippen molar-refractivity contribution < 1.29 is 14.3 Å². The van der Waals surface area contributed by atoms with Gasteiger partial charge in [-0.1, -0.05) is 12.8 Å². The Bertz CT molecular complexity index is 473. The maximum absolute atomic E-state index is 12.4.